The molecule has 0 spiro atoms. The summed E-state index contributed by atoms with van der Waals surface area (Å²) in [5, 5.41) is 8.81. The molecule has 2 aromatic rings. The average molecular weight is 318 g/mol. The third-order valence-electron chi connectivity index (χ3n) is 3.35. The lowest BCUT2D eigenvalue weighted by molar-refractivity contribution is 0.0697. The number of sulfone groups is 1. The van der Waals surface area contributed by atoms with Gasteiger partial charge in [0.05, 0.1) is 17.1 Å². The van der Waals surface area contributed by atoms with E-state index in [0.717, 1.165) is 12.0 Å². The molecule has 5 heteroatoms. The largest absolute Gasteiger partial charge is 0.478 e. The summed E-state index contributed by atoms with van der Waals surface area (Å²) in [4.78, 5) is 10.8. The third-order valence-corrected chi connectivity index (χ3v) is 5.03. The molecular weight excluding hydrogens is 300 g/mol. The zero-order chi connectivity index (χ0) is 16.0. The molecule has 0 fully saturated rings. The van der Waals surface area contributed by atoms with E-state index in [0.29, 0.717) is 12.0 Å². The number of carboxylic acid groups (broad SMARTS) is 1. The summed E-state index contributed by atoms with van der Waals surface area (Å²) in [7, 11) is -3.19. The number of benzene rings is 2. The molecule has 4 nitrogen and oxygen atoms in total. The molecule has 0 saturated heterocycles. The van der Waals surface area contributed by atoms with Crippen LogP contribution in [0.15, 0.2) is 54.6 Å². The van der Waals surface area contributed by atoms with Gasteiger partial charge < -0.3 is 5.11 Å². The predicted octanol–water partition coefficient (Wildman–Crippen LogP) is 2.93. The molecular formula is C17H18O4S. The molecule has 0 radical (unpaired) electrons. The average Bonchev–Trinajstić information content (AvgIpc) is 2.48. The molecule has 0 heterocycles. The van der Waals surface area contributed by atoms with Crippen LogP contribution in [0.25, 0.3) is 0 Å². The number of hydrogen-bond acceptors (Lipinski definition) is 3. The van der Waals surface area contributed by atoms with Crippen LogP contribution >= 0.6 is 0 Å². The van der Waals surface area contributed by atoms with E-state index >= 15 is 0 Å². The summed E-state index contributed by atoms with van der Waals surface area (Å²) >= 11 is 0. The van der Waals surface area contributed by atoms with Crippen LogP contribution in [0.1, 0.15) is 27.9 Å². The van der Waals surface area contributed by atoms with Crippen LogP contribution in [0, 0.1) is 0 Å². The van der Waals surface area contributed by atoms with Crippen molar-refractivity contribution in [2.24, 2.45) is 0 Å². The lowest BCUT2D eigenvalue weighted by atomic mass is 10.1. The van der Waals surface area contributed by atoms with Gasteiger partial charge in [0.2, 0.25) is 0 Å². The Morgan fingerprint density at radius 1 is 0.909 bits per heavy atom. The zero-order valence-corrected chi connectivity index (χ0v) is 12.9. The lowest BCUT2D eigenvalue weighted by Crippen LogP contribution is -2.10. The van der Waals surface area contributed by atoms with E-state index in [1.807, 2.05) is 30.3 Å². The Balaban J connectivity index is 1.89. The minimum absolute atomic E-state index is 0.0539. The number of rotatable bonds is 7. The molecule has 0 atom stereocenters. The lowest BCUT2D eigenvalue weighted by Gasteiger charge is -2.05. The Hall–Kier alpha value is -2.14. The minimum Gasteiger partial charge on any atom is -0.478 e. The van der Waals surface area contributed by atoms with Crippen LogP contribution < -0.4 is 0 Å². The summed E-state index contributed by atoms with van der Waals surface area (Å²) in [5.74, 6) is -0.943. The van der Waals surface area contributed by atoms with Gasteiger partial charge in [0, 0.05) is 0 Å². The van der Waals surface area contributed by atoms with E-state index in [1.54, 1.807) is 12.1 Å². The molecule has 0 aliphatic rings. The normalized spacial score (nSPS) is 11.3. The quantitative estimate of drug-likeness (QED) is 0.852. The summed E-state index contributed by atoms with van der Waals surface area (Å²) in [5.41, 5.74) is 1.90. The second-order valence-electron chi connectivity index (χ2n) is 5.18. The topological polar surface area (TPSA) is 71.4 Å². The van der Waals surface area contributed by atoms with Crippen LogP contribution in [0.4, 0.5) is 0 Å². The SMILES string of the molecule is O=C(O)c1ccc(CS(=O)(=O)CCCc2ccccc2)cc1. The van der Waals surface area contributed by atoms with Crippen molar-refractivity contribution < 1.29 is 18.3 Å². The first-order valence-electron chi connectivity index (χ1n) is 7.03. The van der Waals surface area contributed by atoms with Gasteiger partial charge in [-0.1, -0.05) is 42.5 Å². The highest BCUT2D eigenvalue weighted by Crippen LogP contribution is 2.11. The van der Waals surface area contributed by atoms with Crippen LogP contribution in [0.2, 0.25) is 0 Å². The standard InChI is InChI=1S/C17H18O4S/c18-17(19)16-10-8-15(9-11-16)13-22(20,21)12-4-7-14-5-2-1-3-6-14/h1-3,5-6,8-11H,4,7,12-13H2,(H,18,19). The smallest absolute Gasteiger partial charge is 0.335 e. The first kappa shape index (κ1) is 16.2. The number of aromatic carboxylic acids is 1. The monoisotopic (exact) mass is 318 g/mol. The summed E-state index contributed by atoms with van der Waals surface area (Å²) in [6.45, 7) is 0. The van der Waals surface area contributed by atoms with Crippen LogP contribution in [-0.2, 0) is 22.0 Å². The molecule has 1 N–H and O–H groups in total. The molecule has 0 unspecified atom stereocenters. The molecule has 2 aromatic carbocycles. The number of carbonyl (C=O) groups is 1. The van der Waals surface area contributed by atoms with E-state index in [4.69, 9.17) is 5.11 Å². The van der Waals surface area contributed by atoms with Crippen molar-refractivity contribution in [3.05, 3.63) is 71.3 Å². The Kier molecular flexibility index (Phi) is 5.33. The fraction of sp³-hybridized carbons (Fsp3) is 0.235. The van der Waals surface area contributed by atoms with Crippen LogP contribution in [0.5, 0.6) is 0 Å². The first-order valence-corrected chi connectivity index (χ1v) is 8.85. The van der Waals surface area contributed by atoms with Gasteiger partial charge in [-0.15, -0.1) is 0 Å². The minimum atomic E-state index is -3.19. The van der Waals surface area contributed by atoms with E-state index in [2.05, 4.69) is 0 Å². The molecule has 0 bridgehead atoms. The third kappa shape index (κ3) is 5.00. The van der Waals surface area contributed by atoms with Gasteiger partial charge >= 0.3 is 5.97 Å². The summed E-state index contributed by atoms with van der Waals surface area (Å²) in [6, 6.07) is 15.7. The highest BCUT2D eigenvalue weighted by atomic mass is 32.2. The molecule has 116 valence electrons. The second kappa shape index (κ2) is 7.22. The van der Waals surface area contributed by atoms with Gasteiger partial charge in [-0.25, -0.2) is 13.2 Å². The fourth-order valence-corrected chi connectivity index (χ4v) is 3.64. The van der Waals surface area contributed by atoms with E-state index in [9.17, 15) is 13.2 Å². The highest BCUT2D eigenvalue weighted by molar-refractivity contribution is 7.90. The van der Waals surface area contributed by atoms with Crippen molar-refractivity contribution in [1.29, 1.82) is 0 Å². The number of aryl methyl sites for hydroxylation is 1. The Labute approximate surface area is 130 Å². The Morgan fingerprint density at radius 2 is 1.55 bits per heavy atom. The van der Waals surface area contributed by atoms with Crippen molar-refractivity contribution in [3.8, 4) is 0 Å². The van der Waals surface area contributed by atoms with Crippen LogP contribution in [0.3, 0.4) is 0 Å². The van der Waals surface area contributed by atoms with Gasteiger partial charge in [-0.2, -0.15) is 0 Å². The maximum Gasteiger partial charge on any atom is 0.335 e. The van der Waals surface area contributed by atoms with Crippen molar-refractivity contribution in [2.45, 2.75) is 18.6 Å². The Morgan fingerprint density at radius 3 is 2.14 bits per heavy atom. The fourth-order valence-electron chi connectivity index (χ4n) is 2.21. The van der Waals surface area contributed by atoms with Crippen molar-refractivity contribution >= 4 is 15.8 Å². The van der Waals surface area contributed by atoms with E-state index < -0.39 is 15.8 Å². The van der Waals surface area contributed by atoms with Crippen molar-refractivity contribution in [1.82, 2.24) is 0 Å². The van der Waals surface area contributed by atoms with E-state index in [-0.39, 0.29) is 17.1 Å². The first-order chi connectivity index (χ1) is 10.5. The molecule has 0 aliphatic carbocycles. The van der Waals surface area contributed by atoms with Crippen LogP contribution in [-0.4, -0.2) is 25.2 Å². The maximum atomic E-state index is 12.1. The molecule has 0 amide bonds. The van der Waals surface area contributed by atoms with E-state index in [1.165, 1.54) is 12.1 Å². The molecule has 0 aromatic heterocycles. The molecule has 2 rings (SSSR count). The van der Waals surface area contributed by atoms with Gasteiger partial charge in [-0.05, 0) is 36.1 Å². The van der Waals surface area contributed by atoms with Gasteiger partial charge in [0.1, 0.15) is 0 Å². The molecule has 0 saturated carbocycles. The number of carboxylic acids is 1. The summed E-state index contributed by atoms with van der Waals surface area (Å²) < 4.78 is 24.2. The second-order valence-corrected chi connectivity index (χ2v) is 7.37. The maximum absolute atomic E-state index is 12.1. The van der Waals surface area contributed by atoms with Gasteiger partial charge in [0.15, 0.2) is 9.84 Å². The van der Waals surface area contributed by atoms with Crippen molar-refractivity contribution in [2.75, 3.05) is 5.75 Å². The number of hydrogen-bond donors (Lipinski definition) is 1. The molecule has 0 aliphatic heterocycles. The zero-order valence-electron chi connectivity index (χ0n) is 12.1. The highest BCUT2D eigenvalue weighted by Gasteiger charge is 2.12. The van der Waals surface area contributed by atoms with Gasteiger partial charge in [0.25, 0.3) is 0 Å². The molecule has 22 heavy (non-hydrogen) atoms. The summed E-state index contributed by atoms with van der Waals surface area (Å²) in [6.07, 6.45) is 1.32. The van der Waals surface area contributed by atoms with Crippen molar-refractivity contribution in [3.63, 3.8) is 0 Å². The Bertz CT molecular complexity index is 719. The predicted molar refractivity (Wildman–Crippen MR) is 85.7 cm³/mol. The van der Waals surface area contributed by atoms with Gasteiger partial charge in [-0.3, -0.25) is 0 Å².